The Morgan fingerprint density at radius 1 is 1.08 bits per heavy atom. The summed E-state index contributed by atoms with van der Waals surface area (Å²) >= 11 is 3.38. The Bertz CT molecular complexity index is 1230. The maximum absolute atomic E-state index is 14.3. The molecule has 38 heavy (non-hydrogen) atoms. The van der Waals surface area contributed by atoms with E-state index in [1.165, 1.54) is 17.0 Å². The minimum absolute atomic E-state index is 0.0312. The van der Waals surface area contributed by atoms with Crippen LogP contribution in [0, 0.1) is 5.92 Å². The fourth-order valence-corrected chi connectivity index (χ4v) is 6.50. The van der Waals surface area contributed by atoms with Gasteiger partial charge in [0.1, 0.15) is 17.8 Å². The van der Waals surface area contributed by atoms with Crippen LogP contribution < -0.4 is 10.6 Å². The molecule has 2 amide bonds. The summed E-state index contributed by atoms with van der Waals surface area (Å²) in [5.74, 6) is -0.944. The Morgan fingerprint density at radius 3 is 2.53 bits per heavy atom. The molecule has 1 saturated carbocycles. The lowest BCUT2D eigenvalue weighted by atomic mass is 9.83. The number of hydrogen-bond donors (Lipinski definition) is 3. The van der Waals surface area contributed by atoms with Crippen LogP contribution in [0.15, 0.2) is 53.0 Å². The fraction of sp³-hybridized carbons (Fsp3) is 0.448. The van der Waals surface area contributed by atoms with E-state index in [9.17, 15) is 24.3 Å². The Labute approximate surface area is 230 Å². The summed E-state index contributed by atoms with van der Waals surface area (Å²) in [6.07, 6.45) is 5.27. The average Bonchev–Trinajstić information content (AvgIpc) is 3.48. The molecule has 1 aliphatic carbocycles. The first-order chi connectivity index (χ1) is 18.3. The van der Waals surface area contributed by atoms with Gasteiger partial charge in [0.2, 0.25) is 5.91 Å². The number of halogens is 1. The third kappa shape index (κ3) is 5.54. The van der Waals surface area contributed by atoms with Gasteiger partial charge in [-0.3, -0.25) is 19.2 Å². The standard InChI is InChI=1S/C29H32BrN3O5/c30-20-8-4-7-19(14-20)28(37)32-23(13-17-9-11-21(34)12-10-17)29(38)33-24(15-22-26(33)25(35)16-31-22)27(36)18-5-2-1-3-6-18/h4,7-12,14,18,22-24,26,31,34H,1-3,5-6,13,15-16H2,(H,32,37)/t22?,23-,24?,26?/m0/s1. The number of nitrogens with zero attached hydrogens (tertiary/aromatic N) is 1. The van der Waals surface area contributed by atoms with E-state index in [4.69, 9.17) is 0 Å². The highest BCUT2D eigenvalue weighted by Crippen LogP contribution is 2.35. The summed E-state index contributed by atoms with van der Waals surface area (Å²) in [6, 6.07) is 10.6. The lowest BCUT2D eigenvalue weighted by Crippen LogP contribution is -2.57. The molecule has 2 saturated heterocycles. The van der Waals surface area contributed by atoms with Crippen molar-refractivity contribution >= 4 is 39.3 Å². The summed E-state index contributed by atoms with van der Waals surface area (Å²) in [5.41, 5.74) is 1.12. The van der Waals surface area contributed by atoms with Crippen molar-refractivity contribution in [2.75, 3.05) is 6.54 Å². The zero-order valence-corrected chi connectivity index (χ0v) is 22.7. The number of carbonyl (C=O) groups excluding carboxylic acids is 4. The van der Waals surface area contributed by atoms with Crippen LogP contribution in [-0.2, 0) is 20.8 Å². The normalized spacial score (nSPS) is 24.2. The molecule has 8 nitrogen and oxygen atoms in total. The molecule has 0 spiro atoms. The van der Waals surface area contributed by atoms with Crippen molar-refractivity contribution in [2.24, 2.45) is 5.92 Å². The molecule has 3 fully saturated rings. The van der Waals surface area contributed by atoms with E-state index in [2.05, 4.69) is 26.6 Å². The molecule has 2 heterocycles. The Kier molecular flexibility index (Phi) is 7.95. The zero-order valence-electron chi connectivity index (χ0n) is 21.1. The smallest absolute Gasteiger partial charge is 0.251 e. The van der Waals surface area contributed by atoms with Crippen molar-refractivity contribution < 1.29 is 24.3 Å². The van der Waals surface area contributed by atoms with Crippen LogP contribution in [0.1, 0.15) is 54.4 Å². The van der Waals surface area contributed by atoms with Crippen LogP contribution in [0.3, 0.4) is 0 Å². The number of rotatable bonds is 7. The highest BCUT2D eigenvalue weighted by Gasteiger charge is 2.54. The number of phenols is 1. The quantitative estimate of drug-likeness (QED) is 0.462. The van der Waals surface area contributed by atoms with Crippen molar-refractivity contribution in [1.29, 1.82) is 0 Å². The Morgan fingerprint density at radius 2 is 1.82 bits per heavy atom. The minimum Gasteiger partial charge on any atom is -0.508 e. The summed E-state index contributed by atoms with van der Waals surface area (Å²) in [4.78, 5) is 55.6. The van der Waals surface area contributed by atoms with Gasteiger partial charge in [0.25, 0.3) is 5.91 Å². The van der Waals surface area contributed by atoms with E-state index in [-0.39, 0.29) is 42.2 Å². The molecular weight excluding hydrogens is 550 g/mol. The number of phenolic OH excluding ortho intramolecular Hbond substituents is 1. The maximum atomic E-state index is 14.3. The zero-order chi connectivity index (χ0) is 26.8. The number of fused-ring (bicyclic) bond motifs is 1. The number of benzene rings is 2. The number of nitrogens with one attached hydrogen (secondary N) is 2. The van der Waals surface area contributed by atoms with Crippen molar-refractivity contribution in [1.82, 2.24) is 15.5 Å². The highest BCUT2D eigenvalue weighted by molar-refractivity contribution is 9.10. The molecule has 200 valence electrons. The van der Waals surface area contributed by atoms with Crippen LogP contribution in [-0.4, -0.2) is 64.1 Å². The van der Waals surface area contributed by atoms with Gasteiger partial charge in [0.05, 0.1) is 12.6 Å². The predicted octanol–water partition coefficient (Wildman–Crippen LogP) is 3.16. The van der Waals surface area contributed by atoms with Crippen LogP contribution in [0.2, 0.25) is 0 Å². The van der Waals surface area contributed by atoms with E-state index in [0.29, 0.717) is 12.0 Å². The molecule has 0 radical (unpaired) electrons. The van der Waals surface area contributed by atoms with Crippen molar-refractivity contribution in [3.8, 4) is 5.75 Å². The third-order valence-electron chi connectivity index (χ3n) is 8.02. The van der Waals surface area contributed by atoms with Crippen LogP contribution in [0.5, 0.6) is 5.75 Å². The topological polar surface area (TPSA) is 116 Å². The van der Waals surface area contributed by atoms with Gasteiger partial charge >= 0.3 is 0 Å². The van der Waals surface area contributed by atoms with Crippen LogP contribution in [0.25, 0.3) is 0 Å². The van der Waals surface area contributed by atoms with Crippen LogP contribution >= 0.6 is 15.9 Å². The largest absolute Gasteiger partial charge is 0.508 e. The first-order valence-electron chi connectivity index (χ1n) is 13.3. The lowest BCUT2D eigenvalue weighted by Gasteiger charge is -2.34. The average molecular weight is 582 g/mol. The van der Waals surface area contributed by atoms with Crippen molar-refractivity contribution in [2.45, 2.75) is 69.1 Å². The first kappa shape index (κ1) is 26.6. The third-order valence-corrected chi connectivity index (χ3v) is 8.51. The van der Waals surface area contributed by atoms with Crippen LogP contribution in [0.4, 0.5) is 0 Å². The van der Waals surface area contributed by atoms with Crippen molar-refractivity contribution in [3.63, 3.8) is 0 Å². The number of amides is 2. The molecular formula is C29H32BrN3O5. The van der Waals surface area contributed by atoms with E-state index in [0.717, 1.165) is 42.1 Å². The molecule has 5 rings (SSSR count). The number of hydrogen-bond acceptors (Lipinski definition) is 6. The molecule has 9 heteroatoms. The molecule has 3 aliphatic rings. The fourth-order valence-electron chi connectivity index (χ4n) is 6.10. The SMILES string of the molecule is O=C(N[C@@H](Cc1ccc(O)cc1)C(=O)N1C(C(=O)C2CCCCC2)CC2NCC(=O)C21)c1cccc(Br)c1. The Hall–Kier alpha value is -3.04. The van der Waals surface area contributed by atoms with E-state index in [1.807, 2.05) is 0 Å². The van der Waals surface area contributed by atoms with Gasteiger partial charge in [-0.15, -0.1) is 0 Å². The first-order valence-corrected chi connectivity index (χ1v) is 14.1. The number of Topliss-reactive ketones (excluding diaryl/α,β-unsaturated/α-hetero) is 2. The van der Waals surface area contributed by atoms with Gasteiger partial charge in [0, 0.05) is 28.4 Å². The minimum atomic E-state index is -1.00. The Balaban J connectivity index is 1.46. The molecule has 0 bridgehead atoms. The highest BCUT2D eigenvalue weighted by atomic mass is 79.9. The number of aromatic hydroxyl groups is 1. The number of ketones is 2. The van der Waals surface area contributed by atoms with E-state index >= 15 is 0 Å². The molecule has 0 aromatic heterocycles. The summed E-state index contributed by atoms with van der Waals surface area (Å²) in [5, 5.41) is 15.8. The maximum Gasteiger partial charge on any atom is 0.251 e. The van der Waals surface area contributed by atoms with Gasteiger partial charge < -0.3 is 20.6 Å². The van der Waals surface area contributed by atoms with Crippen molar-refractivity contribution in [3.05, 3.63) is 64.1 Å². The van der Waals surface area contributed by atoms with Gasteiger partial charge in [-0.25, -0.2) is 0 Å². The summed E-state index contributed by atoms with van der Waals surface area (Å²) in [6.45, 7) is 0.163. The van der Waals surface area contributed by atoms with Gasteiger partial charge in [-0.1, -0.05) is 53.4 Å². The molecule has 2 aliphatic heterocycles. The second-order valence-electron chi connectivity index (χ2n) is 10.5. The summed E-state index contributed by atoms with van der Waals surface area (Å²) < 4.78 is 0.731. The molecule has 2 aromatic rings. The number of likely N-dealkylation sites (tertiary alicyclic amines) is 1. The molecule has 4 atom stereocenters. The second-order valence-corrected chi connectivity index (χ2v) is 11.5. The molecule has 3 N–H and O–H groups in total. The second kappa shape index (κ2) is 11.4. The summed E-state index contributed by atoms with van der Waals surface area (Å²) in [7, 11) is 0. The van der Waals surface area contributed by atoms with E-state index < -0.39 is 29.9 Å². The predicted molar refractivity (Wildman–Crippen MR) is 145 cm³/mol. The monoisotopic (exact) mass is 581 g/mol. The number of carbonyl (C=O) groups is 4. The van der Waals surface area contributed by atoms with Gasteiger partial charge in [-0.05, 0) is 55.2 Å². The molecule has 2 aromatic carbocycles. The molecule has 3 unspecified atom stereocenters. The van der Waals surface area contributed by atoms with Gasteiger partial charge in [-0.2, -0.15) is 0 Å². The lowest BCUT2D eigenvalue weighted by molar-refractivity contribution is -0.145. The van der Waals surface area contributed by atoms with Gasteiger partial charge in [0.15, 0.2) is 11.6 Å². The van der Waals surface area contributed by atoms with E-state index in [1.54, 1.807) is 36.4 Å².